The number of nitrogens with one attached hydrogen (secondary N) is 1. The van der Waals surface area contributed by atoms with Gasteiger partial charge in [-0.2, -0.15) is 5.10 Å². The zero-order valence-electron chi connectivity index (χ0n) is 21.5. The molecule has 7 heteroatoms. The Labute approximate surface area is 219 Å². The number of amides is 2. The molecule has 0 saturated heterocycles. The Hall–Kier alpha value is -3.38. The highest BCUT2D eigenvalue weighted by Gasteiger charge is 2.23. The van der Waals surface area contributed by atoms with Gasteiger partial charge in [-0.05, 0) is 30.2 Å². The molecule has 0 unspecified atom stereocenters. The van der Waals surface area contributed by atoms with Crippen molar-refractivity contribution in [1.29, 1.82) is 0 Å². The van der Waals surface area contributed by atoms with E-state index in [2.05, 4.69) is 33.0 Å². The van der Waals surface area contributed by atoms with Gasteiger partial charge in [0.05, 0.1) is 16.4 Å². The van der Waals surface area contributed by atoms with Gasteiger partial charge >= 0.3 is 0 Å². The zero-order valence-corrected chi connectivity index (χ0v) is 22.3. The lowest BCUT2D eigenvalue weighted by Gasteiger charge is -2.21. The monoisotopic (exact) mass is 506 g/mol. The summed E-state index contributed by atoms with van der Waals surface area (Å²) in [7, 11) is 0. The van der Waals surface area contributed by atoms with Crippen molar-refractivity contribution >= 4 is 35.3 Å². The zero-order chi connectivity index (χ0) is 26.1. The third-order valence-corrected chi connectivity index (χ3v) is 6.04. The van der Waals surface area contributed by atoms with Crippen LogP contribution in [0.3, 0.4) is 0 Å². The highest BCUT2D eigenvalue weighted by atomic mass is 35.5. The summed E-state index contributed by atoms with van der Waals surface area (Å²) in [5.74, 6) is 0.0283. The lowest BCUT2D eigenvalue weighted by molar-refractivity contribution is -0.130. The quantitative estimate of drug-likeness (QED) is 0.252. The normalized spacial score (nSPS) is 11.6. The number of hydrogen-bond donors (Lipinski definition) is 1. The van der Waals surface area contributed by atoms with E-state index < -0.39 is 0 Å². The van der Waals surface area contributed by atoms with E-state index in [0.717, 1.165) is 30.5 Å². The fraction of sp³-hybridized carbons (Fsp3) is 0.345. The highest BCUT2D eigenvalue weighted by molar-refractivity contribution is 6.32. The third kappa shape index (κ3) is 7.56. The largest absolute Gasteiger partial charge is 0.330 e. The van der Waals surface area contributed by atoms with Crippen LogP contribution in [0.1, 0.15) is 58.2 Å². The molecule has 3 rings (SSSR count). The topological polar surface area (TPSA) is 67.2 Å². The second kappa shape index (κ2) is 12.5. The molecule has 1 N–H and O–H groups in total. The lowest BCUT2D eigenvalue weighted by atomic mass is 9.92. The maximum atomic E-state index is 13.2. The van der Waals surface area contributed by atoms with Crippen LogP contribution in [0.2, 0.25) is 5.02 Å². The minimum absolute atomic E-state index is 0.0553. The lowest BCUT2D eigenvalue weighted by Crippen LogP contribution is -2.38. The molecule has 0 fully saturated rings. The van der Waals surface area contributed by atoms with Gasteiger partial charge < -0.3 is 10.2 Å². The van der Waals surface area contributed by atoms with Crippen LogP contribution in [0.5, 0.6) is 0 Å². The van der Waals surface area contributed by atoms with E-state index in [1.54, 1.807) is 21.7 Å². The molecular formula is C29H35ClN4O2. The SMILES string of the molecule is CCCCCN(CC(=O)Nc1cc(C(C)(C)C)nn1-c1ccccc1Cl)C(=O)/C=C/c1ccccc1. The fourth-order valence-electron chi connectivity index (χ4n) is 3.66. The summed E-state index contributed by atoms with van der Waals surface area (Å²) >= 11 is 6.44. The molecule has 36 heavy (non-hydrogen) atoms. The van der Waals surface area contributed by atoms with Crippen molar-refractivity contribution < 1.29 is 9.59 Å². The standard InChI is InChI=1S/C29H35ClN4O2/c1-5-6-12-19-33(28(36)18-17-22-13-8-7-9-14-22)21-27(35)31-26-20-25(29(2,3)4)32-34(26)24-16-11-10-15-23(24)30/h7-11,13-18,20H,5-6,12,19,21H2,1-4H3,(H,31,35)/b18-17+. The number of benzene rings is 2. The predicted molar refractivity (Wildman–Crippen MR) is 147 cm³/mol. The number of nitrogens with zero attached hydrogens (tertiary/aromatic N) is 3. The summed E-state index contributed by atoms with van der Waals surface area (Å²) < 4.78 is 1.65. The van der Waals surface area contributed by atoms with Crippen molar-refractivity contribution in [2.24, 2.45) is 0 Å². The molecule has 0 aliphatic heterocycles. The minimum atomic E-state index is -0.290. The fourth-order valence-corrected chi connectivity index (χ4v) is 3.87. The van der Waals surface area contributed by atoms with Gasteiger partial charge in [0, 0.05) is 24.1 Å². The number of aromatic nitrogens is 2. The minimum Gasteiger partial charge on any atom is -0.330 e. The molecule has 1 heterocycles. The van der Waals surface area contributed by atoms with Gasteiger partial charge in [0.25, 0.3) is 0 Å². The first-order chi connectivity index (χ1) is 17.2. The Kier molecular flexibility index (Phi) is 9.48. The second-order valence-electron chi connectivity index (χ2n) is 9.79. The number of unbranched alkanes of at least 4 members (excludes halogenated alkanes) is 2. The molecule has 0 bridgehead atoms. The molecule has 2 amide bonds. The molecule has 2 aromatic carbocycles. The Morgan fingerprint density at radius 3 is 2.42 bits per heavy atom. The highest BCUT2D eigenvalue weighted by Crippen LogP contribution is 2.29. The summed E-state index contributed by atoms with van der Waals surface area (Å²) in [6.07, 6.45) is 6.15. The maximum absolute atomic E-state index is 13.2. The molecule has 0 saturated carbocycles. The molecule has 3 aromatic rings. The number of hydrogen-bond acceptors (Lipinski definition) is 3. The molecular weight excluding hydrogens is 472 g/mol. The summed E-state index contributed by atoms with van der Waals surface area (Å²) in [5, 5.41) is 8.22. The summed E-state index contributed by atoms with van der Waals surface area (Å²) in [5.41, 5.74) is 2.20. The average molecular weight is 507 g/mol. The van der Waals surface area contributed by atoms with Crippen LogP contribution in [0, 0.1) is 0 Å². The van der Waals surface area contributed by atoms with Crippen LogP contribution < -0.4 is 5.32 Å². The number of halogens is 1. The summed E-state index contributed by atoms with van der Waals surface area (Å²) in [4.78, 5) is 27.7. The van der Waals surface area contributed by atoms with E-state index in [1.807, 2.05) is 54.6 Å². The first kappa shape index (κ1) is 27.2. The van der Waals surface area contributed by atoms with Crippen LogP contribution in [-0.4, -0.2) is 39.6 Å². The number of rotatable bonds is 10. The molecule has 6 nitrogen and oxygen atoms in total. The summed E-state index contributed by atoms with van der Waals surface area (Å²) in [6.45, 7) is 8.74. The van der Waals surface area contributed by atoms with Gasteiger partial charge in [-0.25, -0.2) is 4.68 Å². The van der Waals surface area contributed by atoms with E-state index in [9.17, 15) is 9.59 Å². The van der Waals surface area contributed by atoms with Gasteiger partial charge in [0.15, 0.2) is 0 Å². The molecule has 0 atom stereocenters. The van der Waals surface area contributed by atoms with E-state index in [4.69, 9.17) is 16.7 Å². The number of carbonyl (C=O) groups is 2. The van der Waals surface area contributed by atoms with Gasteiger partial charge in [-0.1, -0.05) is 94.6 Å². The molecule has 190 valence electrons. The van der Waals surface area contributed by atoms with Crippen LogP contribution >= 0.6 is 11.6 Å². The molecule has 0 spiro atoms. The van der Waals surface area contributed by atoms with E-state index in [1.165, 1.54) is 6.08 Å². The number of para-hydroxylation sites is 1. The van der Waals surface area contributed by atoms with Crippen LogP contribution in [-0.2, 0) is 15.0 Å². The number of anilines is 1. The third-order valence-electron chi connectivity index (χ3n) is 5.72. The van der Waals surface area contributed by atoms with Crippen molar-refractivity contribution in [1.82, 2.24) is 14.7 Å². The van der Waals surface area contributed by atoms with Crippen molar-refractivity contribution in [3.63, 3.8) is 0 Å². The van der Waals surface area contributed by atoms with E-state index in [0.29, 0.717) is 23.1 Å². The van der Waals surface area contributed by atoms with Crippen LogP contribution in [0.15, 0.2) is 66.7 Å². The molecule has 0 radical (unpaired) electrons. The van der Waals surface area contributed by atoms with Gasteiger partial charge in [0.1, 0.15) is 12.4 Å². The smallest absolute Gasteiger partial charge is 0.247 e. The van der Waals surface area contributed by atoms with Crippen LogP contribution in [0.4, 0.5) is 5.82 Å². The maximum Gasteiger partial charge on any atom is 0.247 e. The van der Waals surface area contributed by atoms with Gasteiger partial charge in [-0.3, -0.25) is 9.59 Å². The average Bonchev–Trinajstić information content (AvgIpc) is 3.27. The van der Waals surface area contributed by atoms with Crippen molar-refractivity contribution in [2.45, 2.75) is 52.4 Å². The van der Waals surface area contributed by atoms with Crippen molar-refractivity contribution in [2.75, 3.05) is 18.4 Å². The van der Waals surface area contributed by atoms with Gasteiger partial charge in [0.2, 0.25) is 11.8 Å². The Morgan fingerprint density at radius 2 is 1.75 bits per heavy atom. The molecule has 0 aliphatic carbocycles. The Balaban J connectivity index is 1.81. The first-order valence-electron chi connectivity index (χ1n) is 12.4. The second-order valence-corrected chi connectivity index (χ2v) is 10.2. The molecule has 1 aromatic heterocycles. The van der Waals surface area contributed by atoms with E-state index in [-0.39, 0.29) is 23.8 Å². The predicted octanol–water partition coefficient (Wildman–Crippen LogP) is 6.49. The first-order valence-corrected chi connectivity index (χ1v) is 12.7. The summed E-state index contributed by atoms with van der Waals surface area (Å²) in [6, 6.07) is 18.9. The van der Waals surface area contributed by atoms with Gasteiger partial charge in [-0.15, -0.1) is 0 Å². The van der Waals surface area contributed by atoms with Crippen LogP contribution in [0.25, 0.3) is 11.8 Å². The molecule has 0 aliphatic rings. The number of carbonyl (C=O) groups excluding carboxylic acids is 2. The van der Waals surface area contributed by atoms with Crippen molar-refractivity contribution in [3.8, 4) is 5.69 Å². The van der Waals surface area contributed by atoms with Crippen molar-refractivity contribution in [3.05, 3.63) is 83.0 Å². The van der Waals surface area contributed by atoms with E-state index >= 15 is 0 Å². The Morgan fingerprint density at radius 1 is 1.06 bits per heavy atom. The Bertz CT molecular complexity index is 1200.